The molecule has 2 aromatic rings. The van der Waals surface area contributed by atoms with Crippen molar-refractivity contribution in [1.29, 1.82) is 0 Å². The van der Waals surface area contributed by atoms with Gasteiger partial charge >= 0.3 is 0 Å². The fraction of sp³-hybridized carbons (Fsp3) is 0.143. The molecule has 0 aliphatic rings. The van der Waals surface area contributed by atoms with Crippen molar-refractivity contribution in [3.63, 3.8) is 0 Å². The SMILES string of the molecule is COc1ccc(C(F)F)c(-c2c(F)c(F)c(F)c(F)c2F)c1. The predicted molar refractivity (Wildman–Crippen MR) is 63.2 cm³/mol. The minimum Gasteiger partial charge on any atom is -0.497 e. The van der Waals surface area contributed by atoms with Crippen LogP contribution in [-0.2, 0) is 0 Å². The van der Waals surface area contributed by atoms with Gasteiger partial charge in [-0.25, -0.2) is 30.7 Å². The fourth-order valence-corrected chi connectivity index (χ4v) is 1.91. The molecule has 0 fully saturated rings. The molecular weight excluding hydrogens is 317 g/mol. The van der Waals surface area contributed by atoms with Crippen LogP contribution in [0.15, 0.2) is 18.2 Å². The lowest BCUT2D eigenvalue weighted by Crippen LogP contribution is -2.05. The summed E-state index contributed by atoms with van der Waals surface area (Å²) >= 11 is 0. The van der Waals surface area contributed by atoms with Gasteiger partial charge in [0.15, 0.2) is 23.3 Å². The Kier molecular flexibility index (Phi) is 4.30. The van der Waals surface area contributed by atoms with Crippen molar-refractivity contribution in [1.82, 2.24) is 0 Å². The van der Waals surface area contributed by atoms with Gasteiger partial charge in [-0.15, -0.1) is 0 Å². The lowest BCUT2D eigenvalue weighted by Gasteiger charge is -2.14. The highest BCUT2D eigenvalue weighted by Gasteiger charge is 2.29. The first-order valence-corrected chi connectivity index (χ1v) is 5.77. The first kappa shape index (κ1) is 16.1. The molecule has 118 valence electrons. The van der Waals surface area contributed by atoms with Crippen molar-refractivity contribution in [2.75, 3.05) is 7.11 Å². The molecular formula is C14H7F7O. The third-order valence-corrected chi connectivity index (χ3v) is 2.97. The highest BCUT2D eigenvalue weighted by atomic mass is 19.3. The maximum absolute atomic E-state index is 13.8. The van der Waals surface area contributed by atoms with Crippen LogP contribution >= 0.6 is 0 Å². The van der Waals surface area contributed by atoms with Gasteiger partial charge in [0.05, 0.1) is 12.7 Å². The molecule has 1 nitrogen and oxygen atoms in total. The van der Waals surface area contributed by atoms with E-state index < -0.39 is 52.2 Å². The van der Waals surface area contributed by atoms with Gasteiger partial charge in [0.25, 0.3) is 6.43 Å². The number of ether oxygens (including phenoxy) is 1. The summed E-state index contributed by atoms with van der Waals surface area (Å²) in [4.78, 5) is 0. The molecule has 0 unspecified atom stereocenters. The van der Waals surface area contributed by atoms with Gasteiger partial charge < -0.3 is 4.74 Å². The van der Waals surface area contributed by atoms with Crippen LogP contribution in [0.1, 0.15) is 12.0 Å². The zero-order valence-electron chi connectivity index (χ0n) is 10.9. The Bertz CT molecular complexity index is 699. The van der Waals surface area contributed by atoms with Gasteiger partial charge in [0.2, 0.25) is 5.82 Å². The predicted octanol–water partition coefficient (Wildman–Crippen LogP) is 5.00. The van der Waals surface area contributed by atoms with E-state index in [9.17, 15) is 30.7 Å². The molecule has 0 N–H and O–H groups in total. The molecule has 0 aliphatic heterocycles. The smallest absolute Gasteiger partial charge is 0.264 e. The molecule has 0 radical (unpaired) electrons. The van der Waals surface area contributed by atoms with Gasteiger partial charge in [-0.3, -0.25) is 0 Å². The summed E-state index contributed by atoms with van der Waals surface area (Å²) in [6.07, 6.45) is -3.18. The maximum Gasteiger partial charge on any atom is 0.264 e. The third-order valence-electron chi connectivity index (χ3n) is 2.97. The van der Waals surface area contributed by atoms with Crippen molar-refractivity contribution in [2.24, 2.45) is 0 Å². The van der Waals surface area contributed by atoms with Crippen LogP contribution in [0.2, 0.25) is 0 Å². The molecule has 2 aromatic carbocycles. The van der Waals surface area contributed by atoms with Gasteiger partial charge in [-0.2, -0.15) is 0 Å². The van der Waals surface area contributed by atoms with E-state index in [1.165, 1.54) is 0 Å². The number of alkyl halides is 2. The summed E-state index contributed by atoms with van der Waals surface area (Å²) in [5.41, 5.74) is -3.14. The number of methoxy groups -OCH3 is 1. The van der Waals surface area contributed by atoms with E-state index in [0.717, 1.165) is 25.3 Å². The molecule has 0 aliphatic carbocycles. The second kappa shape index (κ2) is 5.86. The summed E-state index contributed by atoms with van der Waals surface area (Å²) in [6.45, 7) is 0. The standard InChI is InChI=1S/C14H7F7O/c1-22-5-2-3-6(14(20)21)7(4-5)8-9(15)11(17)13(19)12(18)10(8)16/h2-4,14H,1H3. The second-order valence-corrected chi connectivity index (χ2v) is 4.20. The summed E-state index contributed by atoms with van der Waals surface area (Å²) in [5, 5.41) is 0. The minimum atomic E-state index is -3.18. The molecule has 8 heteroatoms. The van der Waals surface area contributed by atoms with Crippen molar-refractivity contribution in [3.05, 3.63) is 52.8 Å². The second-order valence-electron chi connectivity index (χ2n) is 4.20. The van der Waals surface area contributed by atoms with Gasteiger partial charge in [0.1, 0.15) is 5.75 Å². The van der Waals surface area contributed by atoms with E-state index in [1.54, 1.807) is 0 Å². The Labute approximate surface area is 119 Å². The van der Waals surface area contributed by atoms with E-state index in [4.69, 9.17) is 4.74 Å². The fourth-order valence-electron chi connectivity index (χ4n) is 1.91. The third kappa shape index (κ3) is 2.49. The molecule has 2 rings (SSSR count). The first-order valence-electron chi connectivity index (χ1n) is 5.77. The first-order chi connectivity index (χ1) is 10.3. The molecule has 0 saturated heterocycles. The molecule has 0 amide bonds. The lowest BCUT2D eigenvalue weighted by atomic mass is 9.97. The Morgan fingerprint density at radius 2 is 1.32 bits per heavy atom. The molecule has 22 heavy (non-hydrogen) atoms. The zero-order chi connectivity index (χ0) is 16.6. The number of hydrogen-bond donors (Lipinski definition) is 0. The van der Waals surface area contributed by atoms with Crippen LogP contribution in [0.3, 0.4) is 0 Å². The quantitative estimate of drug-likeness (QED) is 0.439. The van der Waals surface area contributed by atoms with Crippen molar-refractivity contribution in [3.8, 4) is 16.9 Å². The molecule has 0 heterocycles. The highest BCUT2D eigenvalue weighted by molar-refractivity contribution is 5.71. The molecule has 0 spiro atoms. The summed E-state index contributed by atoms with van der Waals surface area (Å²) in [7, 11) is 1.15. The molecule has 0 saturated carbocycles. The Balaban J connectivity index is 2.87. The maximum atomic E-state index is 13.8. The van der Waals surface area contributed by atoms with Gasteiger partial charge in [0, 0.05) is 11.1 Å². The summed E-state index contributed by atoms with van der Waals surface area (Å²) in [5.74, 6) is -11.2. The van der Waals surface area contributed by atoms with E-state index >= 15 is 0 Å². The Morgan fingerprint density at radius 3 is 1.77 bits per heavy atom. The highest BCUT2D eigenvalue weighted by Crippen LogP contribution is 2.38. The minimum absolute atomic E-state index is 0.0802. The van der Waals surface area contributed by atoms with E-state index in [0.29, 0.717) is 0 Å². The summed E-state index contributed by atoms with van der Waals surface area (Å²) in [6, 6.07) is 2.65. The number of halogens is 7. The van der Waals surface area contributed by atoms with Gasteiger partial charge in [-0.1, -0.05) is 0 Å². The van der Waals surface area contributed by atoms with Crippen molar-refractivity contribution < 1.29 is 35.5 Å². The van der Waals surface area contributed by atoms with Crippen LogP contribution in [0, 0.1) is 29.1 Å². The van der Waals surface area contributed by atoms with Gasteiger partial charge in [-0.05, 0) is 18.2 Å². The van der Waals surface area contributed by atoms with Crippen molar-refractivity contribution >= 4 is 0 Å². The zero-order valence-corrected chi connectivity index (χ0v) is 10.9. The van der Waals surface area contributed by atoms with Crippen LogP contribution in [-0.4, -0.2) is 7.11 Å². The van der Waals surface area contributed by atoms with E-state index in [-0.39, 0.29) is 5.75 Å². The van der Waals surface area contributed by atoms with E-state index in [2.05, 4.69) is 0 Å². The number of rotatable bonds is 3. The average Bonchev–Trinajstić information content (AvgIpc) is 2.50. The average molecular weight is 324 g/mol. The largest absolute Gasteiger partial charge is 0.497 e. The monoisotopic (exact) mass is 324 g/mol. The van der Waals surface area contributed by atoms with Crippen LogP contribution in [0.4, 0.5) is 30.7 Å². The van der Waals surface area contributed by atoms with Crippen LogP contribution in [0.5, 0.6) is 5.75 Å². The molecule has 0 bridgehead atoms. The topological polar surface area (TPSA) is 9.23 Å². The molecule has 0 atom stereocenters. The Hall–Kier alpha value is -2.25. The summed E-state index contributed by atoms with van der Waals surface area (Å²) < 4.78 is 97.6. The van der Waals surface area contributed by atoms with Crippen LogP contribution < -0.4 is 4.74 Å². The lowest BCUT2D eigenvalue weighted by molar-refractivity contribution is 0.152. The molecule has 0 aromatic heterocycles. The number of hydrogen-bond acceptors (Lipinski definition) is 1. The Morgan fingerprint density at radius 1 is 0.818 bits per heavy atom. The van der Waals surface area contributed by atoms with Crippen molar-refractivity contribution in [2.45, 2.75) is 6.43 Å². The number of benzene rings is 2. The van der Waals surface area contributed by atoms with E-state index in [1.807, 2.05) is 0 Å². The van der Waals surface area contributed by atoms with Crippen LogP contribution in [0.25, 0.3) is 11.1 Å². The normalized spacial score (nSPS) is 11.1.